The van der Waals surface area contributed by atoms with Gasteiger partial charge in [0.05, 0.1) is 12.6 Å². The van der Waals surface area contributed by atoms with E-state index >= 15 is 0 Å². The molecule has 0 aliphatic carbocycles. The van der Waals surface area contributed by atoms with Crippen LogP contribution in [0.2, 0.25) is 0 Å². The Labute approximate surface area is 125 Å². The number of aromatic nitrogens is 2. The third kappa shape index (κ3) is 4.43. The second kappa shape index (κ2) is 7.59. The number of nitrogens with two attached hydrogens (primary N) is 1. The van der Waals surface area contributed by atoms with Crippen LogP contribution in [-0.4, -0.2) is 21.5 Å². The van der Waals surface area contributed by atoms with Crippen molar-refractivity contribution in [1.29, 1.82) is 0 Å². The van der Waals surface area contributed by atoms with Gasteiger partial charge in [-0.1, -0.05) is 37.3 Å². The molecule has 0 saturated carbocycles. The predicted octanol–water partition coefficient (Wildman–Crippen LogP) is 1.48. The third-order valence-electron chi connectivity index (χ3n) is 3.48. The zero-order chi connectivity index (χ0) is 15.1. The van der Waals surface area contributed by atoms with Crippen molar-refractivity contribution in [1.82, 2.24) is 14.9 Å². The van der Waals surface area contributed by atoms with Crippen LogP contribution in [0, 0.1) is 0 Å². The van der Waals surface area contributed by atoms with Gasteiger partial charge in [-0.25, -0.2) is 4.98 Å². The van der Waals surface area contributed by atoms with E-state index < -0.39 is 6.04 Å². The van der Waals surface area contributed by atoms with E-state index in [2.05, 4.69) is 27.0 Å². The fourth-order valence-corrected chi connectivity index (χ4v) is 2.09. The van der Waals surface area contributed by atoms with E-state index in [-0.39, 0.29) is 5.91 Å². The normalized spacial score (nSPS) is 12.1. The van der Waals surface area contributed by atoms with Gasteiger partial charge < -0.3 is 15.6 Å². The number of nitrogens with zero attached hydrogens (tertiary/aromatic N) is 2. The van der Waals surface area contributed by atoms with Crippen molar-refractivity contribution in [2.75, 3.05) is 0 Å². The average molecular weight is 286 g/mol. The molecule has 0 radical (unpaired) electrons. The summed E-state index contributed by atoms with van der Waals surface area (Å²) in [7, 11) is 0. The molecule has 0 saturated heterocycles. The van der Waals surface area contributed by atoms with E-state index in [0.29, 0.717) is 13.0 Å². The van der Waals surface area contributed by atoms with Gasteiger partial charge in [0.15, 0.2) is 0 Å². The lowest BCUT2D eigenvalue weighted by Crippen LogP contribution is -2.40. The number of hydrogen-bond donors (Lipinski definition) is 2. The molecule has 0 unspecified atom stereocenters. The first-order chi connectivity index (χ1) is 10.2. The number of benzene rings is 1. The second-order valence-electron chi connectivity index (χ2n) is 5.01. The van der Waals surface area contributed by atoms with Crippen molar-refractivity contribution in [3.8, 4) is 0 Å². The highest BCUT2D eigenvalue weighted by Gasteiger charge is 2.11. The molecule has 5 heteroatoms. The highest BCUT2D eigenvalue weighted by Crippen LogP contribution is 2.04. The highest BCUT2D eigenvalue weighted by molar-refractivity contribution is 5.81. The van der Waals surface area contributed by atoms with Crippen LogP contribution in [0.3, 0.4) is 0 Å². The van der Waals surface area contributed by atoms with Gasteiger partial charge in [0.1, 0.15) is 5.82 Å². The molecule has 5 nitrogen and oxygen atoms in total. The van der Waals surface area contributed by atoms with Crippen LogP contribution >= 0.6 is 0 Å². The SMILES string of the molecule is CC[C@H](N)C(=O)NCc1nccn1CCc1ccccc1. The lowest BCUT2D eigenvalue weighted by molar-refractivity contribution is -0.122. The molecule has 0 bridgehead atoms. The van der Waals surface area contributed by atoms with Crippen LogP contribution < -0.4 is 11.1 Å². The monoisotopic (exact) mass is 286 g/mol. The summed E-state index contributed by atoms with van der Waals surface area (Å²) in [6, 6.07) is 9.86. The first-order valence-electron chi connectivity index (χ1n) is 7.28. The molecule has 3 N–H and O–H groups in total. The Hall–Kier alpha value is -2.14. The molecule has 0 spiro atoms. The fourth-order valence-electron chi connectivity index (χ4n) is 2.09. The van der Waals surface area contributed by atoms with Crippen molar-refractivity contribution in [3.63, 3.8) is 0 Å². The maximum absolute atomic E-state index is 11.7. The quantitative estimate of drug-likeness (QED) is 0.809. The third-order valence-corrected chi connectivity index (χ3v) is 3.48. The summed E-state index contributed by atoms with van der Waals surface area (Å²) in [5.41, 5.74) is 6.98. The molecule has 112 valence electrons. The topological polar surface area (TPSA) is 72.9 Å². The van der Waals surface area contributed by atoms with E-state index in [0.717, 1.165) is 18.8 Å². The molecule has 1 atom stereocenters. The minimum atomic E-state index is -0.447. The first kappa shape index (κ1) is 15.3. The van der Waals surface area contributed by atoms with Crippen LogP contribution in [0.1, 0.15) is 24.7 Å². The zero-order valence-corrected chi connectivity index (χ0v) is 12.3. The average Bonchev–Trinajstić information content (AvgIpc) is 2.98. The number of carbonyl (C=O) groups is 1. The van der Waals surface area contributed by atoms with Crippen molar-refractivity contribution in [2.24, 2.45) is 5.73 Å². The number of imidazole rings is 1. The van der Waals surface area contributed by atoms with Gasteiger partial charge in [-0.3, -0.25) is 4.79 Å². The van der Waals surface area contributed by atoms with Crippen LogP contribution in [0.25, 0.3) is 0 Å². The van der Waals surface area contributed by atoms with Gasteiger partial charge >= 0.3 is 0 Å². The van der Waals surface area contributed by atoms with Crippen molar-refractivity contribution >= 4 is 5.91 Å². The minimum Gasteiger partial charge on any atom is -0.348 e. The van der Waals surface area contributed by atoms with Gasteiger partial charge in [-0.15, -0.1) is 0 Å². The minimum absolute atomic E-state index is 0.130. The maximum Gasteiger partial charge on any atom is 0.237 e. The maximum atomic E-state index is 11.7. The Morgan fingerprint density at radius 3 is 2.86 bits per heavy atom. The van der Waals surface area contributed by atoms with Gasteiger partial charge in [-0.2, -0.15) is 0 Å². The zero-order valence-electron chi connectivity index (χ0n) is 12.3. The molecule has 1 amide bonds. The molecule has 1 aromatic heterocycles. The predicted molar refractivity (Wildman–Crippen MR) is 82.5 cm³/mol. The Morgan fingerprint density at radius 2 is 2.14 bits per heavy atom. The summed E-state index contributed by atoms with van der Waals surface area (Å²) < 4.78 is 2.06. The molecule has 2 aromatic rings. The van der Waals surface area contributed by atoms with Gasteiger partial charge in [-0.05, 0) is 18.4 Å². The largest absolute Gasteiger partial charge is 0.348 e. The Morgan fingerprint density at radius 1 is 1.38 bits per heavy atom. The number of nitrogens with one attached hydrogen (secondary N) is 1. The molecule has 2 rings (SSSR count). The van der Waals surface area contributed by atoms with Crippen molar-refractivity contribution < 1.29 is 4.79 Å². The van der Waals surface area contributed by atoms with E-state index in [1.54, 1.807) is 6.20 Å². The highest BCUT2D eigenvalue weighted by atomic mass is 16.2. The summed E-state index contributed by atoms with van der Waals surface area (Å²) in [6.07, 6.45) is 5.26. The lowest BCUT2D eigenvalue weighted by Gasteiger charge is -2.11. The first-order valence-corrected chi connectivity index (χ1v) is 7.28. The fraction of sp³-hybridized carbons (Fsp3) is 0.375. The molecule has 1 heterocycles. The van der Waals surface area contributed by atoms with Gasteiger partial charge in [0.25, 0.3) is 0 Å². The Kier molecular flexibility index (Phi) is 5.51. The molecule has 0 aliphatic heterocycles. The van der Waals surface area contributed by atoms with Crippen LogP contribution in [0.5, 0.6) is 0 Å². The number of aryl methyl sites for hydroxylation is 2. The van der Waals surface area contributed by atoms with Crippen LogP contribution in [-0.2, 0) is 24.3 Å². The van der Waals surface area contributed by atoms with Crippen molar-refractivity contribution in [3.05, 3.63) is 54.1 Å². The van der Waals surface area contributed by atoms with E-state index in [1.807, 2.05) is 31.3 Å². The Balaban J connectivity index is 1.88. The summed E-state index contributed by atoms with van der Waals surface area (Å²) in [5, 5.41) is 2.83. The molecule has 0 aliphatic rings. The number of hydrogen-bond acceptors (Lipinski definition) is 3. The number of carbonyl (C=O) groups excluding carboxylic acids is 1. The molecule has 0 fully saturated rings. The summed E-state index contributed by atoms with van der Waals surface area (Å²) in [4.78, 5) is 16.0. The molecule has 1 aromatic carbocycles. The standard InChI is InChI=1S/C16H22N4O/c1-2-14(17)16(21)19-12-15-18-9-11-20(15)10-8-13-6-4-3-5-7-13/h3-7,9,11,14H,2,8,10,12,17H2,1H3,(H,19,21)/t14-/m0/s1. The number of amides is 1. The van der Waals surface area contributed by atoms with Gasteiger partial charge in [0, 0.05) is 18.9 Å². The Bertz CT molecular complexity index is 565. The van der Waals surface area contributed by atoms with E-state index in [4.69, 9.17) is 5.73 Å². The van der Waals surface area contributed by atoms with E-state index in [9.17, 15) is 4.79 Å². The molecular weight excluding hydrogens is 264 g/mol. The summed E-state index contributed by atoms with van der Waals surface area (Å²) >= 11 is 0. The van der Waals surface area contributed by atoms with Gasteiger partial charge in [0.2, 0.25) is 5.91 Å². The summed E-state index contributed by atoms with van der Waals surface area (Å²) in [6.45, 7) is 3.15. The smallest absolute Gasteiger partial charge is 0.237 e. The van der Waals surface area contributed by atoms with E-state index in [1.165, 1.54) is 5.56 Å². The lowest BCUT2D eigenvalue weighted by atomic mass is 10.1. The van der Waals surface area contributed by atoms with Crippen LogP contribution in [0.4, 0.5) is 0 Å². The molecular formula is C16H22N4O. The second-order valence-corrected chi connectivity index (χ2v) is 5.01. The van der Waals surface area contributed by atoms with Crippen LogP contribution in [0.15, 0.2) is 42.7 Å². The number of rotatable bonds is 7. The summed E-state index contributed by atoms with van der Waals surface area (Å²) in [5.74, 6) is 0.720. The van der Waals surface area contributed by atoms with Crippen molar-refractivity contribution in [2.45, 2.75) is 38.9 Å². The molecule has 21 heavy (non-hydrogen) atoms.